The molecule has 5 nitrogen and oxygen atoms in total. The van der Waals surface area contributed by atoms with E-state index in [4.69, 9.17) is 0 Å². The average Bonchev–Trinajstić information content (AvgIpc) is 2.69. The van der Waals surface area contributed by atoms with Gasteiger partial charge >= 0.3 is 12.0 Å². The third kappa shape index (κ3) is 3.50. The lowest BCUT2D eigenvalue weighted by Crippen LogP contribution is -2.36. The topological polar surface area (TPSA) is 69.6 Å². The minimum atomic E-state index is -1.03. The van der Waals surface area contributed by atoms with Crippen molar-refractivity contribution in [2.24, 2.45) is 0 Å². The van der Waals surface area contributed by atoms with Gasteiger partial charge in [0.15, 0.2) is 0 Å². The molecule has 0 bridgehead atoms. The van der Waals surface area contributed by atoms with E-state index < -0.39 is 5.97 Å². The number of carbonyl (C=O) groups excluding carboxylic acids is 1. The van der Waals surface area contributed by atoms with Crippen molar-refractivity contribution in [3.05, 3.63) is 29.3 Å². The van der Waals surface area contributed by atoms with Gasteiger partial charge in [-0.05, 0) is 31.9 Å². The van der Waals surface area contributed by atoms with Crippen LogP contribution >= 0.6 is 0 Å². The van der Waals surface area contributed by atoms with Crippen molar-refractivity contribution in [2.45, 2.75) is 32.6 Å². The summed E-state index contributed by atoms with van der Waals surface area (Å²) in [6.45, 7) is 3.30. The van der Waals surface area contributed by atoms with Crippen molar-refractivity contribution in [3.63, 3.8) is 0 Å². The smallest absolute Gasteiger partial charge is 0.337 e. The van der Waals surface area contributed by atoms with Crippen molar-refractivity contribution in [1.82, 2.24) is 4.90 Å². The summed E-state index contributed by atoms with van der Waals surface area (Å²) in [7, 11) is 0. The maximum atomic E-state index is 12.2. The van der Waals surface area contributed by atoms with Gasteiger partial charge in [0.05, 0.1) is 11.3 Å². The van der Waals surface area contributed by atoms with Crippen LogP contribution in [0.3, 0.4) is 0 Å². The van der Waals surface area contributed by atoms with Gasteiger partial charge in [-0.3, -0.25) is 0 Å². The highest BCUT2D eigenvalue weighted by Gasteiger charge is 2.18. The molecule has 2 rings (SSSR count). The molecule has 0 saturated carbocycles. The second kappa shape index (κ2) is 6.41. The van der Waals surface area contributed by atoms with Crippen LogP contribution in [-0.2, 0) is 0 Å². The molecule has 1 aliphatic heterocycles. The van der Waals surface area contributed by atoms with Gasteiger partial charge in [-0.2, -0.15) is 0 Å². The number of hydrogen-bond acceptors (Lipinski definition) is 2. The van der Waals surface area contributed by atoms with Gasteiger partial charge in [-0.15, -0.1) is 0 Å². The number of likely N-dealkylation sites (tertiary alicyclic amines) is 1. The number of rotatable bonds is 2. The van der Waals surface area contributed by atoms with Crippen LogP contribution in [0.2, 0.25) is 0 Å². The van der Waals surface area contributed by atoms with Crippen LogP contribution in [-0.4, -0.2) is 35.1 Å². The fourth-order valence-corrected chi connectivity index (χ4v) is 2.41. The predicted octanol–water partition coefficient (Wildman–Crippen LogP) is 3.10. The molecule has 0 aliphatic carbocycles. The van der Waals surface area contributed by atoms with Gasteiger partial charge in [0.25, 0.3) is 0 Å². The molecule has 2 N–H and O–H groups in total. The summed E-state index contributed by atoms with van der Waals surface area (Å²) >= 11 is 0. The normalized spacial score (nSPS) is 15.6. The standard InChI is InChI=1S/C15H20N2O3/c1-11-6-7-13(12(10-11)14(18)19)16-15(20)17-8-4-2-3-5-9-17/h6-7,10H,2-5,8-9H2,1H3,(H,16,20)(H,18,19). The Labute approximate surface area is 118 Å². The number of benzene rings is 1. The Morgan fingerprint density at radius 1 is 1.15 bits per heavy atom. The van der Waals surface area contributed by atoms with Crippen LogP contribution in [0.25, 0.3) is 0 Å². The minimum absolute atomic E-state index is 0.133. The summed E-state index contributed by atoms with van der Waals surface area (Å²) in [6, 6.07) is 4.80. The molecule has 0 spiro atoms. The van der Waals surface area contributed by atoms with Crippen molar-refractivity contribution >= 4 is 17.7 Å². The highest BCUT2D eigenvalue weighted by Crippen LogP contribution is 2.19. The Hall–Kier alpha value is -2.04. The number of anilines is 1. The molecule has 20 heavy (non-hydrogen) atoms. The summed E-state index contributed by atoms with van der Waals surface area (Å²) in [5, 5.41) is 11.9. The number of aromatic carboxylic acids is 1. The number of urea groups is 1. The van der Waals surface area contributed by atoms with E-state index >= 15 is 0 Å². The van der Waals surface area contributed by atoms with Crippen LogP contribution in [0.1, 0.15) is 41.6 Å². The molecular weight excluding hydrogens is 256 g/mol. The van der Waals surface area contributed by atoms with Gasteiger partial charge in [0.1, 0.15) is 0 Å². The first kappa shape index (κ1) is 14.4. The van der Waals surface area contributed by atoms with Gasteiger partial charge in [-0.25, -0.2) is 9.59 Å². The molecule has 108 valence electrons. The molecule has 5 heteroatoms. The maximum absolute atomic E-state index is 12.2. The second-order valence-electron chi connectivity index (χ2n) is 5.19. The minimum Gasteiger partial charge on any atom is -0.478 e. The highest BCUT2D eigenvalue weighted by atomic mass is 16.4. The van der Waals surface area contributed by atoms with Crippen LogP contribution in [0.5, 0.6) is 0 Å². The first-order chi connectivity index (χ1) is 9.58. The van der Waals surface area contributed by atoms with E-state index in [1.807, 2.05) is 6.92 Å². The second-order valence-corrected chi connectivity index (χ2v) is 5.19. The van der Waals surface area contributed by atoms with Gasteiger partial charge in [-0.1, -0.05) is 24.5 Å². The molecule has 0 atom stereocenters. The monoisotopic (exact) mass is 276 g/mol. The van der Waals surface area contributed by atoms with Gasteiger partial charge in [0.2, 0.25) is 0 Å². The fourth-order valence-electron chi connectivity index (χ4n) is 2.41. The number of nitrogens with zero attached hydrogens (tertiary/aromatic N) is 1. The summed E-state index contributed by atoms with van der Waals surface area (Å²) in [5.41, 5.74) is 1.35. The number of hydrogen-bond donors (Lipinski definition) is 2. The third-order valence-electron chi connectivity index (χ3n) is 3.54. The molecule has 1 fully saturated rings. The lowest BCUT2D eigenvalue weighted by molar-refractivity contribution is 0.0698. The Morgan fingerprint density at radius 3 is 2.40 bits per heavy atom. The number of nitrogens with one attached hydrogen (secondary N) is 1. The van der Waals surface area contributed by atoms with E-state index in [9.17, 15) is 14.7 Å². The van der Waals surface area contributed by atoms with Crippen LogP contribution in [0.4, 0.5) is 10.5 Å². The molecule has 0 unspecified atom stereocenters. The Bertz CT molecular complexity index is 506. The van der Waals surface area contributed by atoms with Gasteiger partial charge < -0.3 is 15.3 Å². The number of carbonyl (C=O) groups is 2. The number of aryl methyl sites for hydroxylation is 1. The van der Waals surface area contributed by atoms with E-state index in [0.29, 0.717) is 5.69 Å². The SMILES string of the molecule is Cc1ccc(NC(=O)N2CCCCCC2)c(C(=O)O)c1. The Balaban J connectivity index is 2.12. The van der Waals surface area contributed by atoms with E-state index in [-0.39, 0.29) is 11.6 Å². The van der Waals surface area contributed by atoms with Crippen molar-refractivity contribution in [3.8, 4) is 0 Å². The molecule has 1 aromatic rings. The zero-order chi connectivity index (χ0) is 14.5. The van der Waals surface area contributed by atoms with E-state index in [1.165, 1.54) is 0 Å². The largest absolute Gasteiger partial charge is 0.478 e. The number of carboxylic acids is 1. The molecule has 1 aromatic carbocycles. The predicted molar refractivity (Wildman–Crippen MR) is 77.2 cm³/mol. The van der Waals surface area contributed by atoms with E-state index in [0.717, 1.165) is 44.3 Å². The summed E-state index contributed by atoms with van der Waals surface area (Å²) in [4.78, 5) is 25.2. The molecule has 1 heterocycles. The Morgan fingerprint density at radius 2 is 1.80 bits per heavy atom. The van der Waals surface area contributed by atoms with E-state index in [2.05, 4.69) is 5.32 Å². The summed E-state index contributed by atoms with van der Waals surface area (Å²) in [6.07, 6.45) is 4.31. The number of carboxylic acid groups (broad SMARTS) is 1. The first-order valence-electron chi connectivity index (χ1n) is 6.98. The van der Waals surface area contributed by atoms with Crippen molar-refractivity contribution < 1.29 is 14.7 Å². The average molecular weight is 276 g/mol. The molecule has 0 aromatic heterocycles. The Kier molecular flexibility index (Phi) is 4.61. The summed E-state index contributed by atoms with van der Waals surface area (Å²) < 4.78 is 0. The molecule has 2 amide bonds. The lowest BCUT2D eigenvalue weighted by Gasteiger charge is -2.21. The quantitative estimate of drug-likeness (QED) is 0.872. The van der Waals surface area contributed by atoms with Gasteiger partial charge in [0, 0.05) is 13.1 Å². The van der Waals surface area contributed by atoms with Crippen LogP contribution in [0, 0.1) is 6.92 Å². The van der Waals surface area contributed by atoms with Crippen molar-refractivity contribution in [2.75, 3.05) is 18.4 Å². The first-order valence-corrected chi connectivity index (χ1v) is 6.98. The van der Waals surface area contributed by atoms with E-state index in [1.54, 1.807) is 23.1 Å². The fraction of sp³-hybridized carbons (Fsp3) is 0.467. The molecule has 1 aliphatic rings. The molecule has 1 saturated heterocycles. The zero-order valence-electron chi connectivity index (χ0n) is 11.7. The third-order valence-corrected chi connectivity index (χ3v) is 3.54. The van der Waals surface area contributed by atoms with Crippen molar-refractivity contribution in [1.29, 1.82) is 0 Å². The molecule has 0 radical (unpaired) electrons. The van der Waals surface area contributed by atoms with Crippen LogP contribution in [0.15, 0.2) is 18.2 Å². The molecular formula is C15H20N2O3. The lowest BCUT2D eigenvalue weighted by atomic mass is 10.1. The summed E-state index contributed by atoms with van der Waals surface area (Å²) in [5.74, 6) is -1.03. The van der Waals surface area contributed by atoms with Crippen LogP contribution < -0.4 is 5.32 Å². The number of amides is 2. The highest BCUT2D eigenvalue weighted by molar-refractivity contribution is 6.00. The maximum Gasteiger partial charge on any atom is 0.337 e. The zero-order valence-corrected chi connectivity index (χ0v) is 11.7.